The largest absolute Gasteiger partial charge is 0.472 e. The predicted molar refractivity (Wildman–Crippen MR) is 80.2 cm³/mol. The summed E-state index contributed by atoms with van der Waals surface area (Å²) in [6.07, 6.45) is 8.87. The minimum absolute atomic E-state index is 0.436. The van der Waals surface area contributed by atoms with E-state index < -0.39 is 0 Å². The lowest BCUT2D eigenvalue weighted by molar-refractivity contribution is 0.114. The minimum Gasteiger partial charge on any atom is -0.472 e. The third kappa shape index (κ3) is 3.85. The van der Waals surface area contributed by atoms with Crippen LogP contribution in [0.4, 0.5) is 0 Å². The summed E-state index contributed by atoms with van der Waals surface area (Å²) in [4.78, 5) is 0. The molecule has 0 amide bonds. The van der Waals surface area contributed by atoms with Crippen LogP contribution in [-0.4, -0.2) is 12.6 Å². The van der Waals surface area contributed by atoms with Crippen LogP contribution in [-0.2, 0) is 6.42 Å². The fraction of sp³-hybridized carbons (Fsp3) is 0.765. The number of nitrogens with one attached hydrogen (secondary N) is 1. The molecule has 1 saturated carbocycles. The lowest BCUT2D eigenvalue weighted by Gasteiger charge is -2.42. The molecule has 2 nitrogen and oxygen atoms in total. The first kappa shape index (κ1) is 14.6. The van der Waals surface area contributed by atoms with Crippen molar-refractivity contribution in [2.24, 2.45) is 17.3 Å². The van der Waals surface area contributed by atoms with Gasteiger partial charge in [-0.1, -0.05) is 27.7 Å². The van der Waals surface area contributed by atoms with E-state index in [4.69, 9.17) is 4.42 Å². The molecule has 0 spiro atoms. The van der Waals surface area contributed by atoms with Crippen molar-refractivity contribution in [1.29, 1.82) is 0 Å². The predicted octanol–water partition coefficient (Wildman–Crippen LogP) is 4.26. The molecule has 0 bridgehead atoms. The molecule has 0 saturated heterocycles. The Kier molecular flexibility index (Phi) is 4.72. The van der Waals surface area contributed by atoms with E-state index in [9.17, 15) is 0 Å². The van der Waals surface area contributed by atoms with E-state index in [1.807, 2.05) is 6.26 Å². The standard InChI is InChI=1S/C17H29NO/c1-5-18-16-7-6-15(17(2,3)4)11-14(16)10-13-8-9-19-12-13/h8-9,12,14-16,18H,5-7,10-11H2,1-4H3. The number of hydrogen-bond donors (Lipinski definition) is 1. The lowest BCUT2D eigenvalue weighted by atomic mass is 9.66. The summed E-state index contributed by atoms with van der Waals surface area (Å²) in [5.41, 5.74) is 1.79. The molecule has 1 heterocycles. The summed E-state index contributed by atoms with van der Waals surface area (Å²) in [5.74, 6) is 1.59. The van der Waals surface area contributed by atoms with Crippen LogP contribution in [0.1, 0.15) is 52.5 Å². The molecule has 0 aromatic carbocycles. The first-order valence-corrected chi connectivity index (χ1v) is 7.75. The highest BCUT2D eigenvalue weighted by atomic mass is 16.3. The maximum absolute atomic E-state index is 5.22. The van der Waals surface area contributed by atoms with Crippen molar-refractivity contribution in [2.75, 3.05) is 6.54 Å². The van der Waals surface area contributed by atoms with Gasteiger partial charge in [0.05, 0.1) is 12.5 Å². The van der Waals surface area contributed by atoms with Crippen molar-refractivity contribution >= 4 is 0 Å². The molecule has 19 heavy (non-hydrogen) atoms. The Morgan fingerprint density at radius 3 is 2.68 bits per heavy atom. The van der Waals surface area contributed by atoms with Crippen molar-refractivity contribution in [3.63, 3.8) is 0 Å². The van der Waals surface area contributed by atoms with Gasteiger partial charge < -0.3 is 9.73 Å². The molecule has 1 aliphatic rings. The van der Waals surface area contributed by atoms with Crippen LogP contribution in [0.25, 0.3) is 0 Å². The van der Waals surface area contributed by atoms with Gasteiger partial charge in [0.25, 0.3) is 0 Å². The maximum Gasteiger partial charge on any atom is 0.0934 e. The zero-order chi connectivity index (χ0) is 13.9. The zero-order valence-corrected chi connectivity index (χ0v) is 12.9. The second-order valence-electron chi connectivity index (χ2n) is 7.14. The minimum atomic E-state index is 0.436. The Balaban J connectivity index is 2.04. The summed E-state index contributed by atoms with van der Waals surface area (Å²) in [5, 5.41) is 3.69. The SMILES string of the molecule is CCNC1CCC(C(C)(C)C)CC1Cc1ccoc1. The Bertz CT molecular complexity index is 363. The van der Waals surface area contributed by atoms with Gasteiger partial charge in [0.1, 0.15) is 0 Å². The van der Waals surface area contributed by atoms with E-state index in [1.54, 1.807) is 6.26 Å². The molecule has 0 aliphatic heterocycles. The van der Waals surface area contributed by atoms with Gasteiger partial charge in [-0.15, -0.1) is 0 Å². The molecule has 1 N–H and O–H groups in total. The Morgan fingerprint density at radius 2 is 2.11 bits per heavy atom. The van der Waals surface area contributed by atoms with Crippen LogP contribution in [0.15, 0.2) is 23.0 Å². The monoisotopic (exact) mass is 263 g/mol. The van der Waals surface area contributed by atoms with Crippen LogP contribution in [0.2, 0.25) is 0 Å². The zero-order valence-electron chi connectivity index (χ0n) is 12.9. The van der Waals surface area contributed by atoms with E-state index in [0.29, 0.717) is 11.5 Å². The normalized spacial score (nSPS) is 28.5. The number of rotatable bonds is 4. The van der Waals surface area contributed by atoms with E-state index in [1.165, 1.54) is 24.8 Å². The topological polar surface area (TPSA) is 25.2 Å². The quantitative estimate of drug-likeness (QED) is 0.878. The van der Waals surface area contributed by atoms with Gasteiger partial charge in [0.15, 0.2) is 0 Å². The van der Waals surface area contributed by atoms with Crippen LogP contribution in [0.3, 0.4) is 0 Å². The van der Waals surface area contributed by atoms with Gasteiger partial charge in [-0.3, -0.25) is 0 Å². The van der Waals surface area contributed by atoms with Crippen LogP contribution >= 0.6 is 0 Å². The molecule has 1 fully saturated rings. The van der Waals surface area contributed by atoms with Crippen LogP contribution in [0, 0.1) is 17.3 Å². The molecule has 0 radical (unpaired) electrons. The fourth-order valence-corrected chi connectivity index (χ4v) is 3.52. The van der Waals surface area contributed by atoms with Crippen molar-refractivity contribution in [3.8, 4) is 0 Å². The van der Waals surface area contributed by atoms with Crippen LogP contribution in [0.5, 0.6) is 0 Å². The van der Waals surface area contributed by atoms with E-state index in [2.05, 4.69) is 39.1 Å². The Labute approximate surface area is 118 Å². The summed E-state index contributed by atoms with van der Waals surface area (Å²) in [7, 11) is 0. The highest BCUT2D eigenvalue weighted by Gasteiger charge is 2.35. The van der Waals surface area contributed by atoms with Gasteiger partial charge in [-0.05, 0) is 61.1 Å². The Hall–Kier alpha value is -0.760. The van der Waals surface area contributed by atoms with Crippen molar-refractivity contribution in [3.05, 3.63) is 24.2 Å². The summed E-state index contributed by atoms with van der Waals surface area (Å²) >= 11 is 0. The smallest absolute Gasteiger partial charge is 0.0934 e. The van der Waals surface area contributed by atoms with E-state index in [-0.39, 0.29) is 0 Å². The molecule has 1 aromatic rings. The maximum atomic E-state index is 5.22. The van der Waals surface area contributed by atoms with Crippen molar-refractivity contribution in [1.82, 2.24) is 5.32 Å². The van der Waals surface area contributed by atoms with Gasteiger partial charge in [0, 0.05) is 6.04 Å². The number of hydrogen-bond acceptors (Lipinski definition) is 2. The molecule has 1 aliphatic carbocycles. The van der Waals surface area contributed by atoms with Gasteiger partial charge in [-0.25, -0.2) is 0 Å². The van der Waals surface area contributed by atoms with Crippen molar-refractivity contribution in [2.45, 2.75) is 59.4 Å². The average Bonchev–Trinajstić information content (AvgIpc) is 2.83. The average molecular weight is 263 g/mol. The third-order valence-corrected chi connectivity index (χ3v) is 4.75. The van der Waals surface area contributed by atoms with Gasteiger partial charge in [-0.2, -0.15) is 0 Å². The second-order valence-corrected chi connectivity index (χ2v) is 7.14. The summed E-state index contributed by atoms with van der Waals surface area (Å²) in [6, 6.07) is 2.79. The fourth-order valence-electron chi connectivity index (χ4n) is 3.52. The second kappa shape index (κ2) is 6.13. The van der Waals surface area contributed by atoms with E-state index in [0.717, 1.165) is 24.8 Å². The molecular formula is C17H29NO. The van der Waals surface area contributed by atoms with Crippen LogP contribution < -0.4 is 5.32 Å². The highest BCUT2D eigenvalue weighted by molar-refractivity contribution is 5.08. The van der Waals surface area contributed by atoms with E-state index >= 15 is 0 Å². The van der Waals surface area contributed by atoms with Crippen molar-refractivity contribution < 1.29 is 4.42 Å². The van der Waals surface area contributed by atoms with Gasteiger partial charge in [0.2, 0.25) is 0 Å². The molecule has 1 aromatic heterocycles. The lowest BCUT2D eigenvalue weighted by Crippen LogP contribution is -2.43. The first-order valence-electron chi connectivity index (χ1n) is 7.75. The number of furan rings is 1. The van der Waals surface area contributed by atoms with Gasteiger partial charge >= 0.3 is 0 Å². The molecule has 108 valence electrons. The molecule has 3 atom stereocenters. The summed E-state index contributed by atoms with van der Waals surface area (Å²) < 4.78 is 5.22. The molecule has 2 rings (SSSR count). The summed E-state index contributed by atoms with van der Waals surface area (Å²) in [6.45, 7) is 10.5. The molecule has 2 heteroatoms. The third-order valence-electron chi connectivity index (χ3n) is 4.75. The molecule has 3 unspecified atom stereocenters. The first-order chi connectivity index (χ1) is 9.00. The Morgan fingerprint density at radius 1 is 1.32 bits per heavy atom. The highest BCUT2D eigenvalue weighted by Crippen LogP contribution is 2.41. The molecular weight excluding hydrogens is 234 g/mol.